The first-order chi connectivity index (χ1) is 10.4. The molecule has 5 heteroatoms. The van der Waals surface area contributed by atoms with Crippen molar-refractivity contribution in [1.82, 2.24) is 14.8 Å². The zero-order valence-electron chi connectivity index (χ0n) is 13.3. The molecule has 2 heterocycles. The van der Waals surface area contributed by atoms with Crippen LogP contribution in [0.5, 0.6) is 0 Å². The van der Waals surface area contributed by atoms with E-state index in [2.05, 4.69) is 30.8 Å². The summed E-state index contributed by atoms with van der Waals surface area (Å²) >= 11 is 0. The van der Waals surface area contributed by atoms with Gasteiger partial charge >= 0.3 is 0 Å². The highest BCUT2D eigenvalue weighted by atomic mass is 19.1. The van der Waals surface area contributed by atoms with Crippen LogP contribution in [0.15, 0.2) is 24.3 Å². The van der Waals surface area contributed by atoms with Gasteiger partial charge in [-0.25, -0.2) is 4.39 Å². The van der Waals surface area contributed by atoms with Gasteiger partial charge in [-0.05, 0) is 51.6 Å². The fourth-order valence-corrected chi connectivity index (χ4v) is 2.88. The number of nitrogens with zero attached hydrogens (tertiary/aromatic N) is 2. The number of rotatable bonds is 1. The average molecular weight is 303 g/mol. The van der Waals surface area contributed by atoms with E-state index in [-0.39, 0.29) is 17.3 Å². The molecule has 0 radical (unpaired) electrons. The third-order valence-corrected chi connectivity index (χ3v) is 4.83. The molecule has 3 rings (SSSR count). The third kappa shape index (κ3) is 2.73. The number of H-pyrrole nitrogens is 1. The molecule has 0 bridgehead atoms. The Balaban J connectivity index is 1.83. The number of amides is 1. The molecule has 0 aliphatic carbocycles. The lowest BCUT2D eigenvalue weighted by molar-refractivity contribution is 0.0758. The Labute approximate surface area is 129 Å². The Morgan fingerprint density at radius 2 is 2.00 bits per heavy atom. The summed E-state index contributed by atoms with van der Waals surface area (Å²) in [6.45, 7) is 6.70. The van der Waals surface area contributed by atoms with Crippen molar-refractivity contribution in [2.75, 3.05) is 26.7 Å². The normalized spacial score (nSPS) is 19.4. The topological polar surface area (TPSA) is 39.3 Å². The molecule has 22 heavy (non-hydrogen) atoms. The Morgan fingerprint density at radius 1 is 1.23 bits per heavy atom. The van der Waals surface area contributed by atoms with Crippen LogP contribution in [0.2, 0.25) is 0 Å². The minimum atomic E-state index is -0.288. The maximum absolute atomic E-state index is 13.3. The molecule has 1 saturated heterocycles. The molecule has 1 aromatic heterocycles. The van der Waals surface area contributed by atoms with E-state index in [1.807, 2.05) is 4.90 Å². The fourth-order valence-electron chi connectivity index (χ4n) is 2.88. The van der Waals surface area contributed by atoms with Crippen molar-refractivity contribution in [2.45, 2.75) is 25.8 Å². The van der Waals surface area contributed by atoms with E-state index in [9.17, 15) is 9.18 Å². The predicted molar refractivity (Wildman–Crippen MR) is 85.5 cm³/mol. The van der Waals surface area contributed by atoms with Crippen LogP contribution in [0.25, 0.3) is 10.9 Å². The molecule has 1 aromatic carbocycles. The largest absolute Gasteiger partial charge is 0.351 e. The highest BCUT2D eigenvalue weighted by Crippen LogP contribution is 2.22. The fraction of sp³-hybridized carbons (Fsp3) is 0.471. The second-order valence-electron chi connectivity index (χ2n) is 6.69. The van der Waals surface area contributed by atoms with Crippen molar-refractivity contribution in [3.05, 3.63) is 35.8 Å². The molecule has 1 aliphatic heterocycles. The van der Waals surface area contributed by atoms with Gasteiger partial charge in [-0.2, -0.15) is 0 Å². The smallest absolute Gasteiger partial charge is 0.270 e. The van der Waals surface area contributed by atoms with Gasteiger partial charge in [0.05, 0.1) is 0 Å². The minimum absolute atomic E-state index is 0.0114. The quantitative estimate of drug-likeness (QED) is 0.880. The summed E-state index contributed by atoms with van der Waals surface area (Å²) in [6, 6.07) is 6.25. The van der Waals surface area contributed by atoms with Crippen molar-refractivity contribution in [2.24, 2.45) is 0 Å². The van der Waals surface area contributed by atoms with Crippen LogP contribution < -0.4 is 0 Å². The molecule has 4 nitrogen and oxygen atoms in total. The van der Waals surface area contributed by atoms with Crippen LogP contribution in [-0.2, 0) is 0 Å². The van der Waals surface area contributed by atoms with Gasteiger partial charge in [-0.15, -0.1) is 0 Å². The first-order valence-corrected chi connectivity index (χ1v) is 7.66. The predicted octanol–water partition coefficient (Wildman–Crippen LogP) is 2.86. The summed E-state index contributed by atoms with van der Waals surface area (Å²) in [4.78, 5) is 20.0. The molecule has 1 fully saturated rings. The van der Waals surface area contributed by atoms with E-state index in [4.69, 9.17) is 0 Å². The van der Waals surface area contributed by atoms with Gasteiger partial charge < -0.3 is 9.88 Å². The number of carbonyl (C=O) groups excluding carboxylic acids is 1. The number of likely N-dealkylation sites (N-methyl/N-ethyl adjacent to an activating group) is 1. The SMILES string of the molecule is CN1CCN(C(=O)c2cc3cc(F)ccc3[nH]2)CCC1(C)C. The second-order valence-corrected chi connectivity index (χ2v) is 6.69. The van der Waals surface area contributed by atoms with Gasteiger partial charge in [0.1, 0.15) is 11.5 Å². The Kier molecular flexibility index (Phi) is 3.68. The number of hydrogen-bond donors (Lipinski definition) is 1. The zero-order valence-corrected chi connectivity index (χ0v) is 13.3. The van der Waals surface area contributed by atoms with Gasteiger partial charge in [0.25, 0.3) is 5.91 Å². The number of nitrogens with one attached hydrogen (secondary N) is 1. The van der Waals surface area contributed by atoms with Crippen molar-refractivity contribution in [3.63, 3.8) is 0 Å². The van der Waals surface area contributed by atoms with E-state index in [0.717, 1.165) is 30.4 Å². The molecule has 0 saturated carbocycles. The molecule has 1 amide bonds. The first-order valence-electron chi connectivity index (χ1n) is 7.66. The van der Waals surface area contributed by atoms with Gasteiger partial charge in [-0.1, -0.05) is 0 Å². The monoisotopic (exact) mass is 303 g/mol. The van der Waals surface area contributed by atoms with E-state index in [0.29, 0.717) is 12.2 Å². The zero-order chi connectivity index (χ0) is 15.9. The first kappa shape index (κ1) is 15.0. The molecule has 0 unspecified atom stereocenters. The molecule has 0 spiro atoms. The van der Waals surface area contributed by atoms with Crippen molar-refractivity contribution < 1.29 is 9.18 Å². The lowest BCUT2D eigenvalue weighted by Gasteiger charge is -2.32. The maximum atomic E-state index is 13.3. The summed E-state index contributed by atoms with van der Waals surface area (Å²) in [6.07, 6.45) is 0.935. The van der Waals surface area contributed by atoms with Gasteiger partial charge in [0.15, 0.2) is 0 Å². The number of aromatic amines is 1. The van der Waals surface area contributed by atoms with Gasteiger partial charge in [0.2, 0.25) is 0 Å². The number of fused-ring (bicyclic) bond motifs is 1. The summed E-state index contributed by atoms with van der Waals surface area (Å²) in [5, 5.41) is 0.732. The van der Waals surface area contributed by atoms with Crippen LogP contribution in [0.1, 0.15) is 30.8 Å². The number of hydrogen-bond acceptors (Lipinski definition) is 2. The van der Waals surface area contributed by atoms with Crippen molar-refractivity contribution in [1.29, 1.82) is 0 Å². The standard InChI is InChI=1S/C17H22FN3O/c1-17(2)6-7-21(9-8-20(17)3)16(22)15-11-12-10-13(18)4-5-14(12)19-15/h4-5,10-11,19H,6-9H2,1-3H3. The number of aromatic nitrogens is 1. The third-order valence-electron chi connectivity index (χ3n) is 4.83. The number of benzene rings is 1. The summed E-state index contributed by atoms with van der Waals surface area (Å²) < 4.78 is 13.3. The van der Waals surface area contributed by atoms with Gasteiger partial charge in [-0.3, -0.25) is 9.69 Å². The van der Waals surface area contributed by atoms with Crippen LogP contribution in [0.3, 0.4) is 0 Å². The van der Waals surface area contributed by atoms with E-state index >= 15 is 0 Å². The molecule has 118 valence electrons. The molecule has 0 atom stereocenters. The van der Waals surface area contributed by atoms with Gasteiger partial charge in [0, 0.05) is 36.1 Å². The molecule has 1 N–H and O–H groups in total. The molecule has 1 aliphatic rings. The van der Waals surface area contributed by atoms with Crippen LogP contribution in [-0.4, -0.2) is 52.9 Å². The van der Waals surface area contributed by atoms with Crippen molar-refractivity contribution >= 4 is 16.8 Å². The van der Waals surface area contributed by atoms with Crippen LogP contribution >= 0.6 is 0 Å². The highest BCUT2D eigenvalue weighted by Gasteiger charge is 2.30. The maximum Gasteiger partial charge on any atom is 0.270 e. The van der Waals surface area contributed by atoms with E-state index in [1.54, 1.807) is 12.1 Å². The summed E-state index contributed by atoms with van der Waals surface area (Å²) in [5.41, 5.74) is 1.42. The lowest BCUT2D eigenvalue weighted by atomic mass is 9.99. The highest BCUT2D eigenvalue weighted by molar-refractivity contribution is 5.98. The number of carbonyl (C=O) groups is 1. The summed E-state index contributed by atoms with van der Waals surface area (Å²) in [5.74, 6) is -0.300. The van der Waals surface area contributed by atoms with E-state index in [1.165, 1.54) is 12.1 Å². The Hall–Kier alpha value is -1.88. The summed E-state index contributed by atoms with van der Waals surface area (Å²) in [7, 11) is 2.10. The Morgan fingerprint density at radius 3 is 2.77 bits per heavy atom. The molecular formula is C17H22FN3O. The molecular weight excluding hydrogens is 281 g/mol. The molecule has 2 aromatic rings. The lowest BCUT2D eigenvalue weighted by Crippen LogP contribution is -2.41. The van der Waals surface area contributed by atoms with Crippen molar-refractivity contribution in [3.8, 4) is 0 Å². The Bertz CT molecular complexity index is 707. The van der Waals surface area contributed by atoms with Crippen LogP contribution in [0, 0.1) is 5.82 Å². The minimum Gasteiger partial charge on any atom is -0.351 e. The average Bonchev–Trinajstić information content (AvgIpc) is 2.83. The van der Waals surface area contributed by atoms with Crippen LogP contribution in [0.4, 0.5) is 4.39 Å². The second kappa shape index (κ2) is 5.39. The van der Waals surface area contributed by atoms with E-state index < -0.39 is 0 Å². The number of halogens is 1.